The van der Waals surface area contributed by atoms with Crippen LogP contribution in [0.2, 0.25) is 0 Å². The van der Waals surface area contributed by atoms with Gasteiger partial charge in [-0.2, -0.15) is 0 Å². The summed E-state index contributed by atoms with van der Waals surface area (Å²) in [6.45, 7) is 1.62. The van der Waals surface area contributed by atoms with E-state index in [9.17, 15) is 4.91 Å². The Morgan fingerprint density at radius 3 is 2.31 bits per heavy atom. The predicted molar refractivity (Wildman–Crippen MR) is 54.4 cm³/mol. The van der Waals surface area contributed by atoms with Crippen molar-refractivity contribution in [2.75, 3.05) is 5.32 Å². The van der Waals surface area contributed by atoms with Crippen molar-refractivity contribution in [2.45, 2.75) is 13.2 Å². The van der Waals surface area contributed by atoms with Gasteiger partial charge in [-0.1, -0.05) is 0 Å². The molecule has 0 aliphatic heterocycles. The molecule has 1 atom stereocenters. The van der Waals surface area contributed by atoms with Gasteiger partial charge in [0.25, 0.3) is 0 Å². The maximum absolute atomic E-state index is 10.0. The molecule has 2 N–H and O–H groups in total. The second-order valence-electron chi connectivity index (χ2n) is 2.46. The molecule has 1 unspecified atom stereocenters. The summed E-state index contributed by atoms with van der Waals surface area (Å²) in [6.07, 6.45) is -0.597. The molecule has 0 saturated heterocycles. The molecule has 0 amide bonds. The van der Waals surface area contributed by atoms with Gasteiger partial charge in [0.05, 0.1) is 0 Å². The standard InChI is InChI=1S/C8H10N2O2.ClH/c1-6(11)9-7-2-4-8(10-12)5-3-7;/h2-6,9,11H,1H3;1H. The number of nitrogens with zero attached hydrogens (tertiary/aromatic N) is 1. The molecule has 1 aromatic carbocycles. The predicted octanol–water partition coefficient (Wildman–Crippen LogP) is 2.26. The fourth-order valence-electron chi connectivity index (χ4n) is 0.860. The number of rotatable bonds is 3. The minimum Gasteiger partial charge on any atom is -0.374 e. The van der Waals surface area contributed by atoms with E-state index >= 15 is 0 Å². The molecule has 0 spiro atoms. The first-order valence-corrected chi connectivity index (χ1v) is 3.60. The molecule has 0 aliphatic carbocycles. The molecular weight excluding hydrogens is 192 g/mol. The molecule has 13 heavy (non-hydrogen) atoms. The van der Waals surface area contributed by atoms with Crippen LogP contribution in [0.3, 0.4) is 0 Å². The van der Waals surface area contributed by atoms with Crippen molar-refractivity contribution in [1.29, 1.82) is 0 Å². The van der Waals surface area contributed by atoms with Gasteiger partial charge in [0.2, 0.25) is 0 Å². The van der Waals surface area contributed by atoms with Gasteiger partial charge in [0, 0.05) is 5.69 Å². The van der Waals surface area contributed by atoms with Crippen LogP contribution in [-0.2, 0) is 0 Å². The fraction of sp³-hybridized carbons (Fsp3) is 0.250. The molecule has 0 radical (unpaired) electrons. The first-order chi connectivity index (χ1) is 5.72. The summed E-state index contributed by atoms with van der Waals surface area (Å²) in [4.78, 5) is 10.0. The first kappa shape index (κ1) is 11.9. The Kier molecular flexibility index (Phi) is 5.03. The normalized spacial score (nSPS) is 11.2. The maximum Gasteiger partial charge on any atom is 0.121 e. The summed E-state index contributed by atoms with van der Waals surface area (Å²) < 4.78 is 0. The molecule has 0 saturated carbocycles. The quantitative estimate of drug-likeness (QED) is 0.584. The first-order valence-electron chi connectivity index (χ1n) is 3.60. The molecule has 4 nitrogen and oxygen atoms in total. The van der Waals surface area contributed by atoms with Gasteiger partial charge in [0.1, 0.15) is 11.9 Å². The third-order valence-corrected chi connectivity index (χ3v) is 1.35. The Morgan fingerprint density at radius 1 is 1.38 bits per heavy atom. The Balaban J connectivity index is 0.00000144. The van der Waals surface area contributed by atoms with E-state index in [1.165, 1.54) is 0 Å². The monoisotopic (exact) mass is 202 g/mol. The zero-order valence-corrected chi connectivity index (χ0v) is 7.91. The van der Waals surface area contributed by atoms with Gasteiger partial charge in [-0.3, -0.25) is 0 Å². The number of benzene rings is 1. The Bertz CT molecular complexity index is 261. The highest BCUT2D eigenvalue weighted by molar-refractivity contribution is 5.85. The molecule has 72 valence electrons. The molecular formula is C8H11ClN2O2. The van der Waals surface area contributed by atoms with Crippen molar-refractivity contribution in [3.63, 3.8) is 0 Å². The van der Waals surface area contributed by atoms with E-state index in [1.54, 1.807) is 31.2 Å². The van der Waals surface area contributed by atoms with Gasteiger partial charge in [0.15, 0.2) is 0 Å². The zero-order valence-electron chi connectivity index (χ0n) is 7.10. The number of hydrogen-bond donors (Lipinski definition) is 2. The van der Waals surface area contributed by atoms with Crippen LogP contribution < -0.4 is 5.32 Å². The smallest absolute Gasteiger partial charge is 0.121 e. The van der Waals surface area contributed by atoms with E-state index in [0.29, 0.717) is 5.69 Å². The summed E-state index contributed by atoms with van der Waals surface area (Å²) in [5.74, 6) is 0. The van der Waals surface area contributed by atoms with Crippen LogP contribution in [-0.4, -0.2) is 11.3 Å². The van der Waals surface area contributed by atoms with Crippen LogP contribution in [0, 0.1) is 4.91 Å². The average molecular weight is 203 g/mol. The number of anilines is 1. The number of nitroso groups, excluding NO2 is 1. The number of aliphatic hydroxyl groups excluding tert-OH is 1. The van der Waals surface area contributed by atoms with E-state index in [-0.39, 0.29) is 12.4 Å². The second kappa shape index (κ2) is 5.50. The third-order valence-electron chi connectivity index (χ3n) is 1.35. The van der Waals surface area contributed by atoms with Crippen molar-refractivity contribution in [1.82, 2.24) is 0 Å². The van der Waals surface area contributed by atoms with Crippen LogP contribution in [0.5, 0.6) is 0 Å². The van der Waals surface area contributed by atoms with Crippen LogP contribution in [0.25, 0.3) is 0 Å². The van der Waals surface area contributed by atoms with Gasteiger partial charge in [-0.15, -0.1) is 17.3 Å². The Labute approximate surface area is 82.4 Å². The fourth-order valence-corrected chi connectivity index (χ4v) is 0.860. The lowest BCUT2D eigenvalue weighted by molar-refractivity contribution is 0.224. The van der Waals surface area contributed by atoms with Crippen molar-refractivity contribution >= 4 is 23.8 Å². The lowest BCUT2D eigenvalue weighted by Gasteiger charge is -2.07. The number of nitrogens with one attached hydrogen (secondary N) is 1. The Morgan fingerprint density at radius 2 is 1.92 bits per heavy atom. The third kappa shape index (κ3) is 3.87. The van der Waals surface area contributed by atoms with Crippen molar-refractivity contribution in [3.05, 3.63) is 29.2 Å². The highest BCUT2D eigenvalue weighted by Gasteiger charge is 1.95. The maximum atomic E-state index is 10.0. The molecule has 1 aromatic rings. The summed E-state index contributed by atoms with van der Waals surface area (Å²) in [5.41, 5.74) is 1.14. The van der Waals surface area contributed by atoms with E-state index < -0.39 is 6.23 Å². The molecule has 0 aliphatic rings. The van der Waals surface area contributed by atoms with E-state index in [4.69, 9.17) is 5.11 Å². The van der Waals surface area contributed by atoms with Gasteiger partial charge in [-0.25, -0.2) is 0 Å². The summed E-state index contributed by atoms with van der Waals surface area (Å²) >= 11 is 0. The van der Waals surface area contributed by atoms with Gasteiger partial charge >= 0.3 is 0 Å². The molecule has 0 fully saturated rings. The molecule has 0 bridgehead atoms. The van der Waals surface area contributed by atoms with Crippen molar-refractivity contribution < 1.29 is 5.11 Å². The minimum absolute atomic E-state index is 0. The van der Waals surface area contributed by atoms with Gasteiger partial charge < -0.3 is 10.4 Å². The van der Waals surface area contributed by atoms with Crippen LogP contribution in [0.15, 0.2) is 29.4 Å². The highest BCUT2D eigenvalue weighted by atomic mass is 35.5. The molecule has 1 rings (SSSR count). The minimum atomic E-state index is -0.597. The lowest BCUT2D eigenvalue weighted by atomic mass is 10.3. The van der Waals surface area contributed by atoms with E-state index in [0.717, 1.165) is 5.69 Å². The van der Waals surface area contributed by atoms with Gasteiger partial charge in [-0.05, 0) is 36.4 Å². The number of halogens is 1. The largest absolute Gasteiger partial charge is 0.374 e. The summed E-state index contributed by atoms with van der Waals surface area (Å²) in [7, 11) is 0. The number of aliphatic hydroxyl groups is 1. The second-order valence-corrected chi connectivity index (χ2v) is 2.46. The summed E-state index contributed by atoms with van der Waals surface area (Å²) in [6, 6.07) is 6.53. The van der Waals surface area contributed by atoms with Crippen LogP contribution in [0.1, 0.15) is 6.92 Å². The molecule has 5 heteroatoms. The van der Waals surface area contributed by atoms with Crippen molar-refractivity contribution in [3.8, 4) is 0 Å². The highest BCUT2D eigenvalue weighted by Crippen LogP contribution is 2.15. The molecule has 0 heterocycles. The topological polar surface area (TPSA) is 61.7 Å². The Hall–Kier alpha value is -1.13. The van der Waals surface area contributed by atoms with Crippen LogP contribution >= 0.6 is 12.4 Å². The summed E-state index contributed by atoms with van der Waals surface area (Å²) in [5, 5.41) is 14.5. The average Bonchev–Trinajstić information content (AvgIpc) is 2.05. The van der Waals surface area contributed by atoms with Crippen LogP contribution in [0.4, 0.5) is 11.4 Å². The van der Waals surface area contributed by atoms with E-state index in [1.807, 2.05) is 0 Å². The SMILES string of the molecule is CC(O)Nc1ccc(N=O)cc1.Cl. The number of hydrogen-bond acceptors (Lipinski definition) is 4. The van der Waals surface area contributed by atoms with E-state index in [2.05, 4.69) is 10.5 Å². The van der Waals surface area contributed by atoms with Crippen molar-refractivity contribution in [2.24, 2.45) is 5.18 Å². The zero-order chi connectivity index (χ0) is 8.97. The lowest BCUT2D eigenvalue weighted by Crippen LogP contribution is -2.12. The molecule has 0 aromatic heterocycles.